The van der Waals surface area contributed by atoms with E-state index in [9.17, 15) is 4.79 Å². The quantitative estimate of drug-likeness (QED) is 0.470. The maximum absolute atomic E-state index is 15.5. The number of morpholine rings is 1. The number of nitrogens with zero attached hydrogens (tertiary/aromatic N) is 6. The van der Waals surface area contributed by atoms with Crippen LogP contribution < -0.4 is 4.90 Å². The zero-order chi connectivity index (χ0) is 25.7. The first kappa shape index (κ1) is 24.2. The van der Waals surface area contributed by atoms with Crippen LogP contribution in [0.5, 0.6) is 0 Å². The lowest BCUT2D eigenvalue weighted by Gasteiger charge is -2.35. The van der Waals surface area contributed by atoms with Crippen LogP contribution in [0.1, 0.15) is 42.1 Å². The molecule has 10 heteroatoms. The number of anilines is 1. The highest BCUT2D eigenvalue weighted by Crippen LogP contribution is 2.36. The summed E-state index contributed by atoms with van der Waals surface area (Å²) in [6, 6.07) is 6.53. The number of aromatic nitrogens is 4. The van der Waals surface area contributed by atoms with Gasteiger partial charge in [-0.1, -0.05) is 0 Å². The molecule has 2 bridgehead atoms. The minimum absolute atomic E-state index is 0.204. The van der Waals surface area contributed by atoms with E-state index < -0.39 is 6.17 Å². The molecule has 37 heavy (non-hydrogen) atoms. The first-order chi connectivity index (χ1) is 17.9. The van der Waals surface area contributed by atoms with Gasteiger partial charge in [0.1, 0.15) is 17.8 Å². The van der Waals surface area contributed by atoms with Crippen molar-refractivity contribution in [3.8, 4) is 5.82 Å². The molecule has 1 aromatic carbocycles. The summed E-state index contributed by atoms with van der Waals surface area (Å²) in [5.41, 5.74) is 2.99. The maximum atomic E-state index is 15.5. The number of methoxy groups -OCH3 is 1. The van der Waals surface area contributed by atoms with Gasteiger partial charge in [-0.05, 0) is 56.5 Å². The van der Waals surface area contributed by atoms with Gasteiger partial charge in [-0.25, -0.2) is 19.0 Å². The largest absolute Gasteiger partial charge is 0.469 e. The van der Waals surface area contributed by atoms with E-state index >= 15 is 4.39 Å². The first-order valence-corrected chi connectivity index (χ1v) is 13.1. The van der Waals surface area contributed by atoms with Crippen molar-refractivity contribution in [1.29, 1.82) is 0 Å². The second-order valence-electron chi connectivity index (χ2n) is 10.5. The Morgan fingerprint density at radius 1 is 1.19 bits per heavy atom. The van der Waals surface area contributed by atoms with E-state index in [1.165, 1.54) is 7.11 Å². The third-order valence-corrected chi connectivity index (χ3v) is 8.06. The maximum Gasteiger partial charge on any atom is 0.306 e. The highest BCUT2D eigenvalue weighted by atomic mass is 19.1. The number of esters is 1. The third-order valence-electron chi connectivity index (χ3n) is 8.06. The summed E-state index contributed by atoms with van der Waals surface area (Å²) in [5.74, 6) is 1.84. The SMILES string of the molecule is COC(=O)CCN1CCC(c2cc3c(cnn3-c3cc(N4C[C@H]5C[C@@H]4CO5)nc(C)n3)cc2C)C(F)C1. The predicted octanol–water partition coefficient (Wildman–Crippen LogP) is 3.10. The zero-order valence-electron chi connectivity index (χ0n) is 21.6. The third kappa shape index (κ3) is 4.57. The normalized spacial score (nSPS) is 25.8. The van der Waals surface area contributed by atoms with Gasteiger partial charge in [0, 0.05) is 37.0 Å². The summed E-state index contributed by atoms with van der Waals surface area (Å²) >= 11 is 0. The molecule has 0 spiro atoms. The molecule has 2 aromatic heterocycles. The van der Waals surface area contributed by atoms with Gasteiger partial charge in [0.05, 0.1) is 44.0 Å². The Balaban J connectivity index is 1.28. The van der Waals surface area contributed by atoms with Crippen LogP contribution in [0.2, 0.25) is 0 Å². The number of fused-ring (bicyclic) bond motifs is 3. The van der Waals surface area contributed by atoms with Crippen molar-refractivity contribution in [3.63, 3.8) is 0 Å². The molecule has 3 fully saturated rings. The number of benzene rings is 1. The molecule has 9 nitrogen and oxygen atoms in total. The predicted molar refractivity (Wildman–Crippen MR) is 137 cm³/mol. The van der Waals surface area contributed by atoms with Crippen molar-refractivity contribution in [1.82, 2.24) is 24.6 Å². The van der Waals surface area contributed by atoms with Crippen LogP contribution >= 0.6 is 0 Å². The molecule has 0 radical (unpaired) electrons. The number of hydrogen-bond acceptors (Lipinski definition) is 8. The number of piperidine rings is 1. The molecule has 3 saturated heterocycles. The summed E-state index contributed by atoms with van der Waals surface area (Å²) in [5, 5.41) is 5.67. The Labute approximate surface area is 215 Å². The molecule has 6 rings (SSSR count). The number of aryl methyl sites for hydroxylation is 2. The van der Waals surface area contributed by atoms with Crippen LogP contribution in [0.3, 0.4) is 0 Å². The number of likely N-dealkylation sites (tertiary alicyclic amines) is 1. The van der Waals surface area contributed by atoms with Crippen molar-refractivity contribution >= 4 is 22.7 Å². The number of hydrogen-bond donors (Lipinski definition) is 0. The van der Waals surface area contributed by atoms with Gasteiger partial charge in [-0.2, -0.15) is 5.10 Å². The summed E-state index contributed by atoms with van der Waals surface area (Å²) in [7, 11) is 1.38. The van der Waals surface area contributed by atoms with Crippen molar-refractivity contribution in [2.75, 3.05) is 44.8 Å². The van der Waals surface area contributed by atoms with Crippen molar-refractivity contribution in [2.45, 2.75) is 57.3 Å². The lowest BCUT2D eigenvalue weighted by molar-refractivity contribution is -0.141. The van der Waals surface area contributed by atoms with Crippen LogP contribution in [0, 0.1) is 13.8 Å². The van der Waals surface area contributed by atoms with E-state index in [2.05, 4.69) is 22.1 Å². The van der Waals surface area contributed by atoms with E-state index in [4.69, 9.17) is 19.4 Å². The molecule has 3 aromatic rings. The summed E-state index contributed by atoms with van der Waals surface area (Å²) in [6.45, 7) is 7.11. The van der Waals surface area contributed by atoms with Gasteiger partial charge in [0.2, 0.25) is 0 Å². The minimum atomic E-state index is -1.01. The van der Waals surface area contributed by atoms with Gasteiger partial charge >= 0.3 is 5.97 Å². The summed E-state index contributed by atoms with van der Waals surface area (Å²) in [4.78, 5) is 25.2. The highest BCUT2D eigenvalue weighted by molar-refractivity contribution is 5.82. The number of rotatable bonds is 6. The van der Waals surface area contributed by atoms with E-state index in [-0.39, 0.29) is 24.4 Å². The Hall–Kier alpha value is -3.11. The molecule has 5 heterocycles. The lowest BCUT2D eigenvalue weighted by atomic mass is 9.85. The van der Waals surface area contributed by atoms with Crippen molar-refractivity contribution in [3.05, 3.63) is 41.3 Å². The van der Waals surface area contributed by atoms with Gasteiger partial charge in [-0.15, -0.1) is 0 Å². The van der Waals surface area contributed by atoms with E-state index in [1.807, 2.05) is 35.7 Å². The number of carbonyl (C=O) groups excluding carboxylic acids is 1. The van der Waals surface area contributed by atoms with Crippen molar-refractivity contribution < 1.29 is 18.7 Å². The smallest absolute Gasteiger partial charge is 0.306 e. The van der Waals surface area contributed by atoms with Crippen LogP contribution in [-0.4, -0.2) is 88.8 Å². The molecular weight excluding hydrogens is 475 g/mol. The number of ether oxygens (including phenoxy) is 2. The number of alkyl halides is 1. The molecule has 3 aliphatic heterocycles. The molecule has 0 amide bonds. The monoisotopic (exact) mass is 508 g/mol. The molecule has 196 valence electrons. The number of halogens is 1. The lowest BCUT2D eigenvalue weighted by Crippen LogP contribution is -2.41. The molecule has 2 unspecified atom stereocenters. The van der Waals surface area contributed by atoms with Crippen molar-refractivity contribution in [2.24, 2.45) is 0 Å². The fraction of sp³-hybridized carbons (Fsp3) is 0.556. The second kappa shape index (κ2) is 9.64. The van der Waals surface area contributed by atoms with E-state index in [0.717, 1.165) is 54.0 Å². The summed E-state index contributed by atoms with van der Waals surface area (Å²) < 4.78 is 27.8. The Bertz CT molecular complexity index is 1330. The Morgan fingerprint density at radius 3 is 2.76 bits per heavy atom. The highest BCUT2D eigenvalue weighted by Gasteiger charge is 2.40. The number of carbonyl (C=O) groups is 1. The van der Waals surface area contributed by atoms with E-state index in [0.29, 0.717) is 37.2 Å². The van der Waals surface area contributed by atoms with E-state index in [1.54, 1.807) is 0 Å². The second-order valence-corrected chi connectivity index (χ2v) is 10.5. The zero-order valence-corrected chi connectivity index (χ0v) is 21.6. The Morgan fingerprint density at radius 2 is 2.03 bits per heavy atom. The molecule has 3 aliphatic rings. The fourth-order valence-corrected chi connectivity index (χ4v) is 6.13. The minimum Gasteiger partial charge on any atom is -0.469 e. The first-order valence-electron chi connectivity index (χ1n) is 13.1. The molecular formula is C27H33FN6O3. The standard InChI is InChI=1S/C27H33FN6O3/c1-16-8-18-12-29-34(26-11-25(30-17(2)31-26)33-13-20-9-19(33)15-37-20)24(18)10-22(16)21-4-6-32(14-23(21)28)7-5-27(35)36-3/h8,10-12,19-21,23H,4-7,9,13-15H2,1-3H3/t19-,20-,21?,23?/m1/s1. The molecule has 0 N–H and O–H groups in total. The van der Waals surface area contributed by atoms with Crippen LogP contribution in [0.4, 0.5) is 10.2 Å². The topological polar surface area (TPSA) is 85.6 Å². The average Bonchev–Trinajstić information content (AvgIpc) is 3.62. The fourth-order valence-electron chi connectivity index (χ4n) is 6.13. The van der Waals surface area contributed by atoms with Crippen LogP contribution in [0.15, 0.2) is 24.4 Å². The summed E-state index contributed by atoms with van der Waals surface area (Å²) in [6.07, 6.45) is 3.12. The van der Waals surface area contributed by atoms with Gasteiger partial charge in [0.25, 0.3) is 0 Å². The average molecular weight is 509 g/mol. The van der Waals surface area contributed by atoms with Crippen LogP contribution in [-0.2, 0) is 14.3 Å². The van der Waals surface area contributed by atoms with Gasteiger partial charge < -0.3 is 14.4 Å². The molecule has 0 saturated carbocycles. The van der Waals surface area contributed by atoms with Crippen LogP contribution in [0.25, 0.3) is 16.7 Å². The molecule has 0 aliphatic carbocycles. The Kier molecular flexibility index (Phi) is 6.32. The van der Waals surface area contributed by atoms with Gasteiger partial charge in [-0.3, -0.25) is 9.69 Å². The van der Waals surface area contributed by atoms with Gasteiger partial charge in [0.15, 0.2) is 5.82 Å². The molecule has 4 atom stereocenters.